The van der Waals surface area contributed by atoms with Crippen molar-refractivity contribution < 1.29 is 29.7 Å². The summed E-state index contributed by atoms with van der Waals surface area (Å²) in [6.45, 7) is -6.15. The molecule has 0 N–H and O–H groups in total. The second-order valence-electron chi connectivity index (χ2n) is 6.98. The van der Waals surface area contributed by atoms with Gasteiger partial charge in [0.05, 0.1) is 5.69 Å². The molecular formula is C30H25IrN3-2. The molecule has 34 heavy (non-hydrogen) atoms. The average molecular weight is 627 g/mol. The van der Waals surface area contributed by atoms with Gasteiger partial charge in [0.1, 0.15) is 0 Å². The summed E-state index contributed by atoms with van der Waals surface area (Å²) in [6, 6.07) is 35.1. The number of hydrogen-bond donors (Lipinski definition) is 0. The van der Waals surface area contributed by atoms with Gasteiger partial charge >= 0.3 is 0 Å². The molecule has 3 heterocycles. The molecule has 0 aliphatic carbocycles. The van der Waals surface area contributed by atoms with E-state index in [1.54, 1.807) is 36.7 Å². The molecule has 5 aromatic rings. The summed E-state index contributed by atoms with van der Waals surface area (Å²) in [5.74, 6) is -2.83. The summed E-state index contributed by atoms with van der Waals surface area (Å²) in [4.78, 5) is 12.8. The van der Waals surface area contributed by atoms with Crippen LogP contribution in [0.3, 0.4) is 0 Å². The first-order chi connectivity index (χ1) is 19.0. The summed E-state index contributed by atoms with van der Waals surface area (Å²) in [7, 11) is 0. The summed E-state index contributed by atoms with van der Waals surface area (Å²) in [6.07, 6.45) is 3.37. The molecule has 0 atom stereocenters. The van der Waals surface area contributed by atoms with Crippen LogP contribution < -0.4 is 0 Å². The Bertz CT molecular complexity index is 1480. The van der Waals surface area contributed by atoms with E-state index in [2.05, 4.69) is 27.1 Å². The van der Waals surface area contributed by atoms with Crippen LogP contribution in [0.25, 0.3) is 33.8 Å². The van der Waals surface area contributed by atoms with E-state index >= 15 is 0 Å². The zero-order chi connectivity index (χ0) is 28.8. The van der Waals surface area contributed by atoms with Crippen LogP contribution in [0.1, 0.15) is 34.9 Å². The first kappa shape index (κ1) is 17.0. The number of hydrogen-bond acceptors (Lipinski definition) is 3. The van der Waals surface area contributed by atoms with Gasteiger partial charge in [0.25, 0.3) is 0 Å². The molecule has 0 unspecified atom stereocenters. The Kier molecular flexibility index (Phi) is 6.36. The Hall–Kier alpha value is -3.46. The third-order valence-corrected chi connectivity index (χ3v) is 4.70. The van der Waals surface area contributed by atoms with Crippen molar-refractivity contribution >= 4 is 0 Å². The van der Waals surface area contributed by atoms with Crippen molar-refractivity contribution in [2.45, 2.75) is 19.6 Å². The van der Waals surface area contributed by atoms with Gasteiger partial charge in [-0.2, -0.15) is 0 Å². The van der Waals surface area contributed by atoms with Crippen molar-refractivity contribution in [3.63, 3.8) is 0 Å². The third kappa shape index (κ3) is 6.77. The van der Waals surface area contributed by atoms with Crippen LogP contribution in [0.5, 0.6) is 0 Å². The molecule has 5 rings (SSSR count). The van der Waals surface area contributed by atoms with Gasteiger partial charge in [-0.15, -0.1) is 71.8 Å². The molecule has 0 aliphatic rings. The summed E-state index contributed by atoms with van der Waals surface area (Å²) >= 11 is 0. The van der Waals surface area contributed by atoms with Crippen molar-refractivity contribution in [3.8, 4) is 33.8 Å². The van der Waals surface area contributed by atoms with Crippen molar-refractivity contribution in [1.82, 2.24) is 15.0 Å². The van der Waals surface area contributed by atoms with Crippen molar-refractivity contribution in [2.75, 3.05) is 0 Å². The minimum absolute atomic E-state index is 0. The first-order valence-corrected chi connectivity index (χ1v) is 10.3. The second kappa shape index (κ2) is 12.7. The SMILES string of the molecule is [2H]C([2H])([2H])C([2H])(c1cccc(-c2ccnc(-c3[c-]cccc3)c2)n1)C([2H])([2H])[2H].[Ir].[c-]1ccccc1-c1ccccn1. The molecule has 1 radical (unpaired) electrons. The van der Waals surface area contributed by atoms with E-state index < -0.39 is 19.6 Å². The zero-order valence-electron chi connectivity index (χ0n) is 25.1. The molecule has 2 aromatic carbocycles. The Morgan fingerprint density at radius 3 is 2.03 bits per heavy atom. The summed E-state index contributed by atoms with van der Waals surface area (Å²) in [5, 5.41) is 0. The molecule has 0 aliphatic heterocycles. The first-order valence-electron chi connectivity index (χ1n) is 13.8. The van der Waals surface area contributed by atoms with Crippen LogP contribution in [0, 0.1) is 12.1 Å². The van der Waals surface area contributed by atoms with E-state index in [1.807, 2.05) is 60.7 Å². The largest absolute Gasteiger partial charge is 0.305 e. The standard InChI is InChI=1S/C19H17N2.C11H8N.Ir/c1-14(2)17-9-6-10-18(21-17)16-11-12-20-19(13-16)15-7-4-3-5-8-15;1-2-6-10(7-3-1)11-8-4-5-9-12-11;/h3-7,9-14H,1-2H3;1-6,8-9H;/q2*-1;/i1D3,2D3,14D;;. The molecule has 4 heteroatoms. The monoisotopic (exact) mass is 627 g/mol. The van der Waals surface area contributed by atoms with Crippen LogP contribution in [-0.2, 0) is 20.1 Å². The molecule has 0 saturated heterocycles. The molecule has 0 amide bonds. The maximum Gasteiger partial charge on any atom is 0.0698 e. The molecule has 0 bridgehead atoms. The van der Waals surface area contributed by atoms with Crippen molar-refractivity contribution in [3.05, 3.63) is 127 Å². The van der Waals surface area contributed by atoms with Gasteiger partial charge in [-0.1, -0.05) is 38.0 Å². The van der Waals surface area contributed by atoms with Gasteiger partial charge in [0.2, 0.25) is 0 Å². The average Bonchev–Trinajstić information content (AvgIpc) is 2.97. The molecule has 171 valence electrons. The van der Waals surface area contributed by atoms with E-state index in [9.17, 15) is 0 Å². The van der Waals surface area contributed by atoms with E-state index in [4.69, 9.17) is 9.60 Å². The van der Waals surface area contributed by atoms with Crippen LogP contribution >= 0.6 is 0 Å². The fourth-order valence-electron chi connectivity index (χ4n) is 3.10. The van der Waals surface area contributed by atoms with Crippen LogP contribution in [0.15, 0.2) is 109 Å². The van der Waals surface area contributed by atoms with Gasteiger partial charge in [-0.05, 0) is 47.1 Å². The van der Waals surface area contributed by atoms with Crippen molar-refractivity contribution in [2.24, 2.45) is 0 Å². The van der Waals surface area contributed by atoms with Crippen LogP contribution in [0.4, 0.5) is 0 Å². The Morgan fingerprint density at radius 1 is 0.706 bits per heavy atom. The molecular weight excluding hydrogens is 595 g/mol. The van der Waals surface area contributed by atoms with Crippen LogP contribution in [0.2, 0.25) is 0 Å². The predicted octanol–water partition coefficient (Wildman–Crippen LogP) is 7.28. The Labute approximate surface area is 225 Å². The minimum atomic E-state index is -3.08. The number of rotatable bonds is 4. The topological polar surface area (TPSA) is 38.7 Å². The second-order valence-corrected chi connectivity index (χ2v) is 6.98. The number of aromatic nitrogens is 3. The van der Waals surface area contributed by atoms with Crippen molar-refractivity contribution in [1.29, 1.82) is 0 Å². The zero-order valence-corrected chi connectivity index (χ0v) is 20.5. The third-order valence-electron chi connectivity index (χ3n) is 4.70. The molecule has 0 spiro atoms. The van der Waals surface area contributed by atoms with E-state index in [-0.39, 0.29) is 25.8 Å². The maximum atomic E-state index is 8.30. The van der Waals surface area contributed by atoms with Crippen LogP contribution in [-0.4, -0.2) is 15.0 Å². The summed E-state index contributed by atoms with van der Waals surface area (Å²) < 4.78 is 54.1. The maximum absolute atomic E-state index is 8.30. The molecule has 3 aromatic heterocycles. The van der Waals surface area contributed by atoms with Gasteiger partial charge in [-0.3, -0.25) is 4.98 Å². The van der Waals surface area contributed by atoms with E-state index in [0.29, 0.717) is 17.0 Å². The van der Waals surface area contributed by atoms with Gasteiger partial charge in [0.15, 0.2) is 0 Å². The smallest absolute Gasteiger partial charge is 0.0698 e. The fraction of sp³-hybridized carbons (Fsp3) is 0.100. The van der Waals surface area contributed by atoms with E-state index in [1.165, 1.54) is 12.1 Å². The fourth-order valence-corrected chi connectivity index (χ4v) is 3.10. The number of nitrogens with zero attached hydrogens (tertiary/aromatic N) is 3. The predicted molar refractivity (Wildman–Crippen MR) is 134 cm³/mol. The summed E-state index contributed by atoms with van der Waals surface area (Å²) in [5.41, 5.74) is 4.10. The molecule has 3 nitrogen and oxygen atoms in total. The Balaban J connectivity index is 0.000000296. The molecule has 0 fully saturated rings. The number of benzene rings is 2. The normalized spacial score (nSPS) is 14.2. The van der Waals surface area contributed by atoms with Gasteiger partial charge < -0.3 is 9.97 Å². The quantitative estimate of drug-likeness (QED) is 0.197. The Morgan fingerprint density at radius 2 is 1.38 bits per heavy atom. The van der Waals surface area contributed by atoms with Gasteiger partial charge in [-0.25, -0.2) is 0 Å². The van der Waals surface area contributed by atoms with Gasteiger partial charge in [0, 0.05) is 47.8 Å². The van der Waals surface area contributed by atoms with E-state index in [0.717, 1.165) is 16.8 Å². The molecule has 0 saturated carbocycles. The minimum Gasteiger partial charge on any atom is -0.305 e. The number of pyridine rings is 3.